The predicted molar refractivity (Wildman–Crippen MR) is 57.9 cm³/mol. The molecule has 4 heteroatoms. The lowest BCUT2D eigenvalue weighted by Crippen LogP contribution is -2.00. The molecule has 0 aliphatic heterocycles. The lowest BCUT2D eigenvalue weighted by molar-refractivity contribution is 0.0699. The van der Waals surface area contributed by atoms with E-state index < -0.39 is 5.97 Å². The van der Waals surface area contributed by atoms with Crippen molar-refractivity contribution in [3.63, 3.8) is 0 Å². The maximum atomic E-state index is 11.0. The van der Waals surface area contributed by atoms with Gasteiger partial charge in [-0.15, -0.1) is 0 Å². The molecule has 0 aliphatic carbocycles. The summed E-state index contributed by atoms with van der Waals surface area (Å²) in [6.45, 7) is 1.79. The summed E-state index contributed by atoms with van der Waals surface area (Å²) in [4.78, 5) is 15.1. The van der Waals surface area contributed by atoms with Crippen molar-refractivity contribution in [1.29, 1.82) is 0 Å². The number of aromatic nitrogens is 1. The monoisotopic (exact) mass is 202 g/mol. The van der Waals surface area contributed by atoms with E-state index in [1.54, 1.807) is 31.2 Å². The zero-order chi connectivity index (χ0) is 11.0. The fourth-order valence-electron chi connectivity index (χ4n) is 1.62. The Labute approximate surface area is 86.4 Å². The van der Waals surface area contributed by atoms with E-state index in [1.807, 2.05) is 0 Å². The normalized spacial score (nSPS) is 10.5. The van der Waals surface area contributed by atoms with E-state index in [2.05, 4.69) is 4.98 Å². The molecule has 0 fully saturated rings. The molecule has 0 saturated carbocycles. The standard InChI is InChI=1S/C11H10N2O2/c1-6-5-9-7(10(12)13-6)3-2-4-8(9)11(14)15/h2-5H,1H3,(H2,12,13)(H,14,15). The number of anilines is 1. The van der Waals surface area contributed by atoms with Gasteiger partial charge in [-0.3, -0.25) is 0 Å². The number of rotatable bonds is 1. The van der Waals surface area contributed by atoms with Crippen LogP contribution >= 0.6 is 0 Å². The van der Waals surface area contributed by atoms with Gasteiger partial charge in [0.2, 0.25) is 0 Å². The molecule has 0 amide bonds. The molecule has 1 heterocycles. The van der Waals surface area contributed by atoms with E-state index in [0.717, 1.165) is 0 Å². The molecule has 2 rings (SSSR count). The number of fused-ring (bicyclic) bond motifs is 1. The number of benzene rings is 1. The number of aryl methyl sites for hydroxylation is 1. The van der Waals surface area contributed by atoms with Gasteiger partial charge in [-0.25, -0.2) is 9.78 Å². The number of carboxylic acids is 1. The van der Waals surface area contributed by atoms with E-state index in [1.165, 1.54) is 0 Å². The third kappa shape index (κ3) is 1.50. The van der Waals surface area contributed by atoms with E-state index in [-0.39, 0.29) is 5.56 Å². The molecule has 1 aromatic carbocycles. The SMILES string of the molecule is Cc1cc2c(C(=O)O)cccc2c(N)n1. The van der Waals surface area contributed by atoms with Crippen LogP contribution in [0, 0.1) is 6.92 Å². The first-order chi connectivity index (χ1) is 7.09. The maximum absolute atomic E-state index is 11.0. The Kier molecular flexibility index (Phi) is 2.04. The van der Waals surface area contributed by atoms with Crippen molar-refractivity contribution in [2.45, 2.75) is 6.92 Å². The Bertz CT molecular complexity index is 550. The van der Waals surface area contributed by atoms with Gasteiger partial charge in [0.15, 0.2) is 0 Å². The molecular weight excluding hydrogens is 192 g/mol. The van der Waals surface area contributed by atoms with Crippen LogP contribution in [0.3, 0.4) is 0 Å². The maximum Gasteiger partial charge on any atom is 0.336 e. The number of pyridine rings is 1. The summed E-state index contributed by atoms with van der Waals surface area (Å²) in [6.07, 6.45) is 0. The topological polar surface area (TPSA) is 76.2 Å². The summed E-state index contributed by atoms with van der Waals surface area (Å²) < 4.78 is 0. The van der Waals surface area contributed by atoms with E-state index in [0.29, 0.717) is 22.3 Å². The Balaban J connectivity index is 2.91. The molecule has 1 aromatic heterocycles. The molecule has 0 unspecified atom stereocenters. The van der Waals surface area contributed by atoms with Gasteiger partial charge in [-0.05, 0) is 19.1 Å². The lowest BCUT2D eigenvalue weighted by Gasteiger charge is -2.05. The highest BCUT2D eigenvalue weighted by molar-refractivity contribution is 6.06. The third-order valence-electron chi connectivity index (χ3n) is 2.26. The van der Waals surface area contributed by atoms with Crippen LogP contribution in [0.5, 0.6) is 0 Å². The number of aromatic carboxylic acids is 1. The van der Waals surface area contributed by atoms with Crippen LogP contribution in [0.2, 0.25) is 0 Å². The predicted octanol–water partition coefficient (Wildman–Crippen LogP) is 1.82. The largest absolute Gasteiger partial charge is 0.478 e. The zero-order valence-electron chi connectivity index (χ0n) is 8.19. The molecule has 15 heavy (non-hydrogen) atoms. The van der Waals surface area contributed by atoms with Crippen LogP contribution in [0.4, 0.5) is 5.82 Å². The van der Waals surface area contributed by atoms with Gasteiger partial charge in [0.05, 0.1) is 5.56 Å². The van der Waals surface area contributed by atoms with Crippen LogP contribution < -0.4 is 5.73 Å². The third-order valence-corrected chi connectivity index (χ3v) is 2.26. The highest BCUT2D eigenvalue weighted by Crippen LogP contribution is 2.23. The number of nitrogens with two attached hydrogens (primary N) is 1. The summed E-state index contributed by atoms with van der Waals surface area (Å²) in [5.41, 5.74) is 6.69. The average molecular weight is 202 g/mol. The fourth-order valence-corrected chi connectivity index (χ4v) is 1.62. The number of nitrogens with zero attached hydrogens (tertiary/aromatic N) is 1. The fraction of sp³-hybridized carbons (Fsp3) is 0.0909. The molecule has 4 nitrogen and oxygen atoms in total. The highest BCUT2D eigenvalue weighted by atomic mass is 16.4. The van der Waals surface area contributed by atoms with E-state index in [9.17, 15) is 4.79 Å². The van der Waals surface area contributed by atoms with Gasteiger partial charge in [0, 0.05) is 16.5 Å². The summed E-state index contributed by atoms with van der Waals surface area (Å²) in [5, 5.41) is 10.3. The first kappa shape index (κ1) is 9.45. The second-order valence-electron chi connectivity index (χ2n) is 3.35. The number of carbonyl (C=O) groups is 1. The van der Waals surface area contributed by atoms with Crippen molar-refractivity contribution in [2.75, 3.05) is 5.73 Å². The molecule has 0 spiro atoms. The Hall–Kier alpha value is -2.10. The van der Waals surface area contributed by atoms with Crippen LogP contribution in [-0.2, 0) is 0 Å². The van der Waals surface area contributed by atoms with Gasteiger partial charge in [0.25, 0.3) is 0 Å². The summed E-state index contributed by atoms with van der Waals surface area (Å²) in [7, 11) is 0. The van der Waals surface area contributed by atoms with Crippen LogP contribution in [0.25, 0.3) is 10.8 Å². The molecule has 0 radical (unpaired) electrons. The van der Waals surface area contributed by atoms with Gasteiger partial charge in [-0.1, -0.05) is 12.1 Å². The van der Waals surface area contributed by atoms with Gasteiger partial charge in [-0.2, -0.15) is 0 Å². The van der Waals surface area contributed by atoms with E-state index in [4.69, 9.17) is 10.8 Å². The van der Waals surface area contributed by atoms with Gasteiger partial charge < -0.3 is 10.8 Å². The van der Waals surface area contributed by atoms with Gasteiger partial charge >= 0.3 is 5.97 Å². The number of hydrogen-bond donors (Lipinski definition) is 2. The molecule has 0 bridgehead atoms. The van der Waals surface area contributed by atoms with E-state index >= 15 is 0 Å². The van der Waals surface area contributed by atoms with Crippen molar-refractivity contribution in [3.8, 4) is 0 Å². The van der Waals surface area contributed by atoms with Crippen molar-refractivity contribution >= 4 is 22.6 Å². The molecule has 3 N–H and O–H groups in total. The average Bonchev–Trinajstić information content (AvgIpc) is 2.16. The zero-order valence-corrected chi connectivity index (χ0v) is 8.19. The number of carboxylic acid groups (broad SMARTS) is 1. The van der Waals surface area contributed by atoms with Crippen molar-refractivity contribution < 1.29 is 9.90 Å². The minimum absolute atomic E-state index is 0.254. The first-order valence-electron chi connectivity index (χ1n) is 4.48. The number of hydrogen-bond acceptors (Lipinski definition) is 3. The van der Waals surface area contributed by atoms with Crippen LogP contribution in [0.15, 0.2) is 24.3 Å². The molecule has 0 atom stereocenters. The molecule has 0 saturated heterocycles. The van der Waals surface area contributed by atoms with Crippen LogP contribution in [-0.4, -0.2) is 16.1 Å². The summed E-state index contributed by atoms with van der Waals surface area (Å²) in [5.74, 6) is -0.585. The summed E-state index contributed by atoms with van der Waals surface area (Å²) in [6, 6.07) is 6.72. The highest BCUT2D eigenvalue weighted by Gasteiger charge is 2.10. The molecule has 0 aliphatic rings. The Morgan fingerprint density at radius 1 is 1.40 bits per heavy atom. The van der Waals surface area contributed by atoms with Crippen molar-refractivity contribution in [2.24, 2.45) is 0 Å². The second-order valence-corrected chi connectivity index (χ2v) is 3.35. The molecule has 2 aromatic rings. The lowest BCUT2D eigenvalue weighted by atomic mass is 10.1. The van der Waals surface area contributed by atoms with Crippen molar-refractivity contribution in [3.05, 3.63) is 35.5 Å². The first-order valence-corrected chi connectivity index (χ1v) is 4.48. The molecular formula is C11H10N2O2. The molecule has 76 valence electrons. The van der Waals surface area contributed by atoms with Crippen molar-refractivity contribution in [1.82, 2.24) is 4.98 Å². The Morgan fingerprint density at radius 3 is 2.80 bits per heavy atom. The van der Waals surface area contributed by atoms with Gasteiger partial charge in [0.1, 0.15) is 5.82 Å². The second kappa shape index (κ2) is 3.24. The number of nitrogen functional groups attached to an aromatic ring is 1. The smallest absolute Gasteiger partial charge is 0.336 e. The Morgan fingerprint density at radius 2 is 2.13 bits per heavy atom. The van der Waals surface area contributed by atoms with Crippen LogP contribution in [0.1, 0.15) is 16.1 Å². The minimum Gasteiger partial charge on any atom is -0.478 e. The quantitative estimate of drug-likeness (QED) is 0.739. The summed E-state index contributed by atoms with van der Waals surface area (Å²) >= 11 is 0. The minimum atomic E-state index is -0.953.